The van der Waals surface area contributed by atoms with Crippen LogP contribution in [0, 0.1) is 11.6 Å². The summed E-state index contributed by atoms with van der Waals surface area (Å²) >= 11 is 0. The predicted octanol–water partition coefficient (Wildman–Crippen LogP) is 4.08. The molecule has 9 heteroatoms. The molecule has 0 unspecified atom stereocenters. The summed E-state index contributed by atoms with van der Waals surface area (Å²) in [4.78, 5) is 27.0. The van der Waals surface area contributed by atoms with Gasteiger partial charge >= 0.3 is 6.18 Å². The average molecular weight is 368 g/mol. The van der Waals surface area contributed by atoms with Gasteiger partial charge in [-0.2, -0.15) is 13.2 Å². The second-order valence-corrected chi connectivity index (χ2v) is 5.40. The van der Waals surface area contributed by atoms with Gasteiger partial charge in [0.2, 0.25) is 5.43 Å². The topological polar surface area (TPSA) is 62.0 Å². The largest absolute Gasteiger partial charge is 0.416 e. The number of carbonyl (C=O) groups excluding carboxylic acids is 1. The lowest BCUT2D eigenvalue weighted by atomic mass is 10.1. The molecule has 0 fully saturated rings. The molecule has 1 heterocycles. The molecule has 2 N–H and O–H groups in total. The number of anilines is 1. The van der Waals surface area contributed by atoms with Crippen LogP contribution in [0.2, 0.25) is 0 Å². The van der Waals surface area contributed by atoms with Crippen molar-refractivity contribution in [3.63, 3.8) is 0 Å². The molecule has 3 aromatic rings. The SMILES string of the molecule is O=C(Nc1cc(F)cc(F)c1)c1c[nH]c2cc(C(F)(F)F)ccc2c1=O. The maximum absolute atomic E-state index is 13.2. The summed E-state index contributed by atoms with van der Waals surface area (Å²) in [5.74, 6) is -2.81. The zero-order valence-corrected chi connectivity index (χ0v) is 12.7. The summed E-state index contributed by atoms with van der Waals surface area (Å²) in [6.45, 7) is 0. The highest BCUT2D eigenvalue weighted by molar-refractivity contribution is 6.05. The third-order valence-electron chi connectivity index (χ3n) is 3.57. The van der Waals surface area contributed by atoms with Crippen LogP contribution in [0.15, 0.2) is 47.4 Å². The highest BCUT2D eigenvalue weighted by atomic mass is 19.4. The first-order valence-electron chi connectivity index (χ1n) is 7.15. The van der Waals surface area contributed by atoms with Gasteiger partial charge in [0.05, 0.1) is 5.56 Å². The Hall–Kier alpha value is -3.23. The molecule has 0 bridgehead atoms. The van der Waals surface area contributed by atoms with Gasteiger partial charge < -0.3 is 10.3 Å². The number of nitrogens with one attached hydrogen (secondary N) is 2. The van der Waals surface area contributed by atoms with Crippen LogP contribution in [-0.4, -0.2) is 10.9 Å². The van der Waals surface area contributed by atoms with E-state index < -0.39 is 40.3 Å². The van der Waals surface area contributed by atoms with Gasteiger partial charge in [-0.1, -0.05) is 0 Å². The number of H-pyrrole nitrogens is 1. The average Bonchev–Trinajstić information content (AvgIpc) is 2.52. The van der Waals surface area contributed by atoms with Gasteiger partial charge in [0.25, 0.3) is 5.91 Å². The smallest absolute Gasteiger partial charge is 0.360 e. The Bertz CT molecular complexity index is 1050. The van der Waals surface area contributed by atoms with E-state index in [9.17, 15) is 31.5 Å². The van der Waals surface area contributed by atoms with Crippen LogP contribution in [0.4, 0.5) is 27.6 Å². The number of aromatic amines is 1. The minimum Gasteiger partial charge on any atom is -0.360 e. The lowest BCUT2D eigenvalue weighted by Crippen LogP contribution is -2.22. The number of pyridine rings is 1. The first kappa shape index (κ1) is 17.6. The Morgan fingerprint density at radius 1 is 1.00 bits per heavy atom. The molecule has 0 spiro atoms. The molecule has 0 saturated carbocycles. The number of aromatic nitrogens is 1. The van der Waals surface area contributed by atoms with E-state index in [2.05, 4.69) is 10.3 Å². The van der Waals surface area contributed by atoms with E-state index in [4.69, 9.17) is 0 Å². The number of rotatable bonds is 2. The van der Waals surface area contributed by atoms with Gasteiger partial charge in [0.15, 0.2) is 0 Å². The highest BCUT2D eigenvalue weighted by Gasteiger charge is 2.30. The number of alkyl halides is 3. The molecule has 1 amide bonds. The van der Waals surface area contributed by atoms with Crippen LogP contribution >= 0.6 is 0 Å². The third-order valence-corrected chi connectivity index (χ3v) is 3.57. The summed E-state index contributed by atoms with van der Waals surface area (Å²) in [6.07, 6.45) is -3.64. The maximum atomic E-state index is 13.2. The van der Waals surface area contributed by atoms with Crippen molar-refractivity contribution in [1.29, 1.82) is 0 Å². The van der Waals surface area contributed by atoms with Crippen LogP contribution in [0.25, 0.3) is 10.9 Å². The Morgan fingerprint density at radius 2 is 1.65 bits per heavy atom. The Morgan fingerprint density at radius 3 is 2.27 bits per heavy atom. The van der Waals surface area contributed by atoms with Gasteiger partial charge in [-0.3, -0.25) is 9.59 Å². The molecule has 26 heavy (non-hydrogen) atoms. The van der Waals surface area contributed by atoms with Crippen LogP contribution in [0.3, 0.4) is 0 Å². The molecule has 0 aliphatic heterocycles. The van der Waals surface area contributed by atoms with Crippen molar-refractivity contribution in [3.8, 4) is 0 Å². The lowest BCUT2D eigenvalue weighted by molar-refractivity contribution is -0.137. The van der Waals surface area contributed by atoms with Gasteiger partial charge in [0.1, 0.15) is 17.2 Å². The van der Waals surface area contributed by atoms with Crippen molar-refractivity contribution in [1.82, 2.24) is 4.98 Å². The maximum Gasteiger partial charge on any atom is 0.416 e. The van der Waals surface area contributed by atoms with Crippen molar-refractivity contribution < 1.29 is 26.7 Å². The zero-order chi connectivity index (χ0) is 19.1. The Labute approximate surface area is 142 Å². The minimum absolute atomic E-state index is 0.0989. The van der Waals surface area contributed by atoms with E-state index in [1.165, 1.54) is 0 Å². The van der Waals surface area contributed by atoms with Crippen LogP contribution in [0.1, 0.15) is 15.9 Å². The molecule has 0 aliphatic rings. The monoisotopic (exact) mass is 368 g/mol. The minimum atomic E-state index is -4.58. The Kier molecular flexibility index (Phi) is 4.23. The second kappa shape index (κ2) is 6.25. The normalized spacial score (nSPS) is 11.6. The summed E-state index contributed by atoms with van der Waals surface area (Å²) in [5, 5.41) is 2.03. The van der Waals surface area contributed by atoms with Crippen LogP contribution in [-0.2, 0) is 6.18 Å². The van der Waals surface area contributed by atoms with Gasteiger partial charge in [-0.05, 0) is 30.3 Å². The fraction of sp³-hybridized carbons (Fsp3) is 0.0588. The van der Waals surface area contributed by atoms with Crippen molar-refractivity contribution in [2.24, 2.45) is 0 Å². The van der Waals surface area contributed by atoms with E-state index in [1.807, 2.05) is 0 Å². The van der Waals surface area contributed by atoms with Gasteiger partial charge in [-0.25, -0.2) is 8.78 Å². The molecule has 0 atom stereocenters. The molecular weight excluding hydrogens is 359 g/mol. The number of hydrogen-bond acceptors (Lipinski definition) is 2. The molecule has 134 valence electrons. The predicted molar refractivity (Wildman–Crippen MR) is 83.9 cm³/mol. The molecule has 2 aromatic carbocycles. The summed E-state index contributed by atoms with van der Waals surface area (Å²) in [7, 11) is 0. The molecule has 3 rings (SSSR count). The van der Waals surface area contributed by atoms with Crippen molar-refractivity contribution >= 4 is 22.5 Å². The second-order valence-electron chi connectivity index (χ2n) is 5.40. The lowest BCUT2D eigenvalue weighted by Gasteiger charge is -2.09. The van der Waals surface area contributed by atoms with Gasteiger partial charge in [-0.15, -0.1) is 0 Å². The first-order valence-corrected chi connectivity index (χ1v) is 7.15. The number of hydrogen-bond donors (Lipinski definition) is 2. The van der Waals surface area contributed by atoms with Crippen LogP contribution in [0.5, 0.6) is 0 Å². The number of carbonyl (C=O) groups is 1. The molecule has 0 aliphatic carbocycles. The van der Waals surface area contributed by atoms with E-state index in [1.54, 1.807) is 0 Å². The zero-order valence-electron chi connectivity index (χ0n) is 12.7. The first-order chi connectivity index (χ1) is 12.1. The molecule has 1 aromatic heterocycles. The van der Waals surface area contributed by atoms with Crippen LogP contribution < -0.4 is 10.7 Å². The summed E-state index contributed by atoms with van der Waals surface area (Å²) in [6, 6.07) is 4.74. The van der Waals surface area contributed by atoms with E-state index >= 15 is 0 Å². The van der Waals surface area contributed by atoms with Crippen molar-refractivity contribution in [3.05, 3.63) is 75.6 Å². The fourth-order valence-corrected chi connectivity index (χ4v) is 2.39. The number of fused-ring (bicyclic) bond motifs is 1. The standard InChI is InChI=1S/C17H9F5N2O2/c18-9-4-10(19)6-11(5-9)24-16(26)13-7-23-14-3-8(17(20,21)22)1-2-12(14)15(13)25/h1-7H,(H,23,25)(H,24,26). The quantitative estimate of drug-likeness (QED) is 0.670. The van der Waals surface area contributed by atoms with E-state index in [0.29, 0.717) is 6.07 Å². The highest BCUT2D eigenvalue weighted by Crippen LogP contribution is 2.30. The Balaban J connectivity index is 1.99. The number of halogens is 5. The van der Waals surface area contributed by atoms with E-state index in [0.717, 1.165) is 36.5 Å². The van der Waals surface area contributed by atoms with Crippen molar-refractivity contribution in [2.45, 2.75) is 6.18 Å². The molecule has 0 radical (unpaired) electrons. The fourth-order valence-electron chi connectivity index (χ4n) is 2.39. The van der Waals surface area contributed by atoms with Gasteiger partial charge in [0, 0.05) is 28.9 Å². The third kappa shape index (κ3) is 3.41. The number of amides is 1. The number of benzene rings is 2. The molecule has 0 saturated heterocycles. The molecular formula is C17H9F5N2O2. The van der Waals surface area contributed by atoms with Crippen molar-refractivity contribution in [2.75, 3.05) is 5.32 Å². The summed E-state index contributed by atoms with van der Waals surface area (Å²) < 4.78 is 64.4. The van der Waals surface area contributed by atoms with E-state index in [-0.39, 0.29) is 16.6 Å². The molecule has 4 nitrogen and oxygen atoms in total. The summed E-state index contributed by atoms with van der Waals surface area (Å²) in [5.41, 5.74) is -2.49.